The molecule has 2 aromatic heterocycles. The van der Waals surface area contributed by atoms with E-state index in [0.717, 1.165) is 36.8 Å². The topological polar surface area (TPSA) is 58.1 Å². The number of carbonyl (C=O) groups excluding carboxylic acids is 1. The fourth-order valence-electron chi connectivity index (χ4n) is 2.71. The Bertz CT molecular complexity index is 648. The number of carbonyl (C=O) groups is 1. The molecule has 1 aliphatic heterocycles. The number of nitrogens with one attached hydrogen (secondary N) is 1. The Kier molecular flexibility index (Phi) is 4.91. The molecule has 1 amide bonds. The lowest BCUT2D eigenvalue weighted by Gasteiger charge is -2.33. The predicted octanol–water partition coefficient (Wildman–Crippen LogP) is 3.06. The van der Waals surface area contributed by atoms with E-state index < -0.39 is 0 Å². The van der Waals surface area contributed by atoms with E-state index in [-0.39, 0.29) is 11.9 Å². The van der Waals surface area contributed by atoms with Crippen LogP contribution in [0.25, 0.3) is 0 Å². The highest BCUT2D eigenvalue weighted by Crippen LogP contribution is 2.22. The van der Waals surface area contributed by atoms with Crippen molar-refractivity contribution in [1.29, 1.82) is 0 Å². The molecule has 0 bridgehead atoms. The molecule has 6 heteroatoms. The van der Waals surface area contributed by atoms with Crippen LogP contribution in [0, 0.1) is 0 Å². The van der Waals surface area contributed by atoms with Crippen LogP contribution in [0.4, 0.5) is 5.82 Å². The number of nitrogens with zero attached hydrogens (tertiary/aromatic N) is 3. The van der Waals surface area contributed by atoms with Crippen LogP contribution in [0.2, 0.25) is 0 Å². The third-order valence-corrected chi connectivity index (χ3v) is 5.34. The monoisotopic (exact) mass is 330 g/mol. The molecule has 1 N–H and O–H groups in total. The van der Waals surface area contributed by atoms with Crippen LogP contribution in [0.1, 0.15) is 47.3 Å². The Labute approximate surface area is 140 Å². The zero-order valence-corrected chi connectivity index (χ0v) is 14.3. The molecular weight excluding hydrogens is 308 g/mol. The molecule has 3 heterocycles. The average molecular weight is 330 g/mol. The summed E-state index contributed by atoms with van der Waals surface area (Å²) in [6.07, 6.45) is 5.40. The third kappa shape index (κ3) is 3.88. The van der Waals surface area contributed by atoms with Gasteiger partial charge < -0.3 is 10.2 Å². The Balaban J connectivity index is 1.53. The molecule has 0 aliphatic carbocycles. The summed E-state index contributed by atoms with van der Waals surface area (Å²) in [5.74, 6) is 1.38. The molecule has 0 radical (unpaired) electrons. The second-order valence-corrected chi connectivity index (χ2v) is 7.20. The molecule has 3 rings (SSSR count). The molecule has 0 aromatic carbocycles. The first kappa shape index (κ1) is 15.9. The van der Waals surface area contributed by atoms with Crippen LogP contribution in [0.3, 0.4) is 0 Å². The fraction of sp³-hybridized carbons (Fsp3) is 0.471. The van der Waals surface area contributed by atoms with Crippen molar-refractivity contribution in [3.63, 3.8) is 0 Å². The Hall–Kier alpha value is -1.95. The standard InChI is InChI=1S/C17H22N4OS/c1-12(2)17-19-11-14(23-17)16(22)20-13-6-9-21(10-7-13)15-5-3-4-8-18-15/h3-5,8,11-13H,6-7,9-10H2,1-2H3,(H,20,22). The summed E-state index contributed by atoms with van der Waals surface area (Å²) in [5.41, 5.74) is 0. The minimum atomic E-state index is 0.00526. The number of thiazole rings is 1. The summed E-state index contributed by atoms with van der Waals surface area (Å²) in [6.45, 7) is 6.02. The lowest BCUT2D eigenvalue weighted by molar-refractivity contribution is 0.0935. The van der Waals surface area contributed by atoms with Gasteiger partial charge in [-0.3, -0.25) is 4.79 Å². The predicted molar refractivity (Wildman–Crippen MR) is 93.1 cm³/mol. The largest absolute Gasteiger partial charge is 0.356 e. The molecule has 0 spiro atoms. The van der Waals surface area contributed by atoms with Gasteiger partial charge in [-0.05, 0) is 25.0 Å². The van der Waals surface area contributed by atoms with Gasteiger partial charge in [-0.25, -0.2) is 9.97 Å². The Morgan fingerprint density at radius 2 is 2.09 bits per heavy atom. The smallest absolute Gasteiger partial charge is 0.263 e. The highest BCUT2D eigenvalue weighted by molar-refractivity contribution is 7.13. The molecule has 2 aromatic rings. The minimum absolute atomic E-state index is 0.00526. The van der Waals surface area contributed by atoms with Gasteiger partial charge in [0.1, 0.15) is 10.7 Å². The maximum atomic E-state index is 12.3. The quantitative estimate of drug-likeness (QED) is 0.936. The van der Waals surface area contributed by atoms with Crippen molar-refractivity contribution < 1.29 is 4.79 Å². The van der Waals surface area contributed by atoms with Gasteiger partial charge in [0, 0.05) is 31.2 Å². The summed E-state index contributed by atoms with van der Waals surface area (Å²) in [6, 6.07) is 6.19. The number of pyridine rings is 1. The van der Waals surface area contributed by atoms with Crippen LogP contribution in [-0.2, 0) is 0 Å². The molecule has 5 nitrogen and oxygen atoms in total. The summed E-state index contributed by atoms with van der Waals surface area (Å²) in [7, 11) is 0. The van der Waals surface area contributed by atoms with Gasteiger partial charge in [0.25, 0.3) is 5.91 Å². The first-order chi connectivity index (χ1) is 11.1. The van der Waals surface area contributed by atoms with Crippen LogP contribution in [-0.4, -0.2) is 35.0 Å². The van der Waals surface area contributed by atoms with Crippen LogP contribution < -0.4 is 10.2 Å². The summed E-state index contributed by atoms with van der Waals surface area (Å²) < 4.78 is 0. The van der Waals surface area contributed by atoms with Crippen molar-refractivity contribution in [3.05, 3.63) is 40.5 Å². The van der Waals surface area contributed by atoms with Gasteiger partial charge in [0.05, 0.1) is 11.2 Å². The molecule has 1 aliphatic rings. The zero-order chi connectivity index (χ0) is 16.2. The average Bonchev–Trinajstić information content (AvgIpc) is 3.07. The molecule has 23 heavy (non-hydrogen) atoms. The van der Waals surface area contributed by atoms with E-state index in [1.165, 1.54) is 11.3 Å². The van der Waals surface area contributed by atoms with Gasteiger partial charge in [-0.1, -0.05) is 19.9 Å². The summed E-state index contributed by atoms with van der Waals surface area (Å²) >= 11 is 1.49. The van der Waals surface area contributed by atoms with Crippen LogP contribution in [0.15, 0.2) is 30.6 Å². The van der Waals surface area contributed by atoms with Crippen molar-refractivity contribution in [2.45, 2.75) is 38.6 Å². The van der Waals surface area contributed by atoms with E-state index in [1.807, 2.05) is 24.4 Å². The minimum Gasteiger partial charge on any atom is -0.356 e. The van der Waals surface area contributed by atoms with Gasteiger partial charge in [0.2, 0.25) is 0 Å². The number of amides is 1. The Morgan fingerprint density at radius 1 is 1.30 bits per heavy atom. The lowest BCUT2D eigenvalue weighted by atomic mass is 10.0. The second-order valence-electron chi connectivity index (χ2n) is 6.14. The molecule has 1 fully saturated rings. The summed E-state index contributed by atoms with van der Waals surface area (Å²) in [5, 5.41) is 4.16. The number of piperidine rings is 1. The number of rotatable bonds is 4. The van der Waals surface area contributed by atoms with Gasteiger partial charge in [-0.2, -0.15) is 0 Å². The molecule has 0 unspecified atom stereocenters. The van der Waals surface area contributed by atoms with E-state index in [1.54, 1.807) is 6.20 Å². The number of hydrogen-bond acceptors (Lipinski definition) is 5. The van der Waals surface area contributed by atoms with E-state index in [0.29, 0.717) is 10.8 Å². The third-order valence-electron chi connectivity index (χ3n) is 4.04. The van der Waals surface area contributed by atoms with Gasteiger partial charge in [-0.15, -0.1) is 11.3 Å². The normalized spacial score (nSPS) is 15.9. The van der Waals surface area contributed by atoms with Crippen molar-refractivity contribution in [2.75, 3.05) is 18.0 Å². The maximum Gasteiger partial charge on any atom is 0.263 e. The van der Waals surface area contributed by atoms with Crippen LogP contribution >= 0.6 is 11.3 Å². The highest BCUT2D eigenvalue weighted by atomic mass is 32.1. The van der Waals surface area contributed by atoms with Crippen molar-refractivity contribution >= 4 is 23.1 Å². The van der Waals surface area contributed by atoms with Gasteiger partial charge >= 0.3 is 0 Å². The van der Waals surface area contributed by atoms with E-state index in [2.05, 4.69) is 34.0 Å². The zero-order valence-electron chi connectivity index (χ0n) is 13.5. The van der Waals surface area contributed by atoms with E-state index >= 15 is 0 Å². The fourth-order valence-corrected chi connectivity index (χ4v) is 3.53. The van der Waals surface area contributed by atoms with Gasteiger partial charge in [0.15, 0.2) is 0 Å². The highest BCUT2D eigenvalue weighted by Gasteiger charge is 2.22. The SMILES string of the molecule is CC(C)c1ncc(C(=O)NC2CCN(c3ccccn3)CC2)s1. The maximum absolute atomic E-state index is 12.3. The van der Waals surface area contributed by atoms with Crippen molar-refractivity contribution in [3.8, 4) is 0 Å². The van der Waals surface area contributed by atoms with E-state index in [4.69, 9.17) is 0 Å². The Morgan fingerprint density at radius 3 is 2.70 bits per heavy atom. The van der Waals surface area contributed by atoms with E-state index in [9.17, 15) is 4.79 Å². The summed E-state index contributed by atoms with van der Waals surface area (Å²) in [4.78, 5) is 24.0. The molecule has 0 saturated carbocycles. The molecule has 122 valence electrons. The first-order valence-corrected chi connectivity index (χ1v) is 8.87. The lowest BCUT2D eigenvalue weighted by Crippen LogP contribution is -2.44. The second kappa shape index (κ2) is 7.08. The molecule has 0 atom stereocenters. The molecular formula is C17H22N4OS. The number of hydrogen-bond donors (Lipinski definition) is 1. The molecule has 1 saturated heterocycles. The number of aromatic nitrogens is 2. The van der Waals surface area contributed by atoms with Crippen molar-refractivity contribution in [1.82, 2.24) is 15.3 Å². The van der Waals surface area contributed by atoms with Crippen LogP contribution in [0.5, 0.6) is 0 Å². The first-order valence-electron chi connectivity index (χ1n) is 8.06. The number of anilines is 1. The van der Waals surface area contributed by atoms with Crippen molar-refractivity contribution in [2.24, 2.45) is 0 Å².